The van der Waals surface area contributed by atoms with Gasteiger partial charge in [-0.15, -0.1) is 0 Å². The molecule has 4 nitrogen and oxygen atoms in total. The molecule has 0 unspecified atom stereocenters. The van der Waals surface area contributed by atoms with Crippen LogP contribution in [0.3, 0.4) is 0 Å². The van der Waals surface area contributed by atoms with Crippen LogP contribution in [-0.4, -0.2) is 41.5 Å². The summed E-state index contributed by atoms with van der Waals surface area (Å²) in [6.07, 6.45) is 4.31. The minimum Gasteiger partial charge on any atom is -0.347 e. The number of hydrogen-bond donors (Lipinski definition) is 0. The average Bonchev–Trinajstić information content (AvgIpc) is 3.00. The van der Waals surface area contributed by atoms with E-state index in [9.17, 15) is 4.79 Å². The Morgan fingerprint density at radius 2 is 2.09 bits per heavy atom. The van der Waals surface area contributed by atoms with Crippen LogP contribution < -0.4 is 4.90 Å². The van der Waals surface area contributed by atoms with E-state index in [1.165, 1.54) is 17.5 Å². The number of rotatable bonds is 1. The van der Waals surface area contributed by atoms with E-state index in [4.69, 9.17) is 4.98 Å². The van der Waals surface area contributed by atoms with Gasteiger partial charge in [0.05, 0.1) is 10.2 Å². The van der Waals surface area contributed by atoms with E-state index in [2.05, 4.69) is 34.1 Å². The Labute approximate surface area is 140 Å². The van der Waals surface area contributed by atoms with Crippen LogP contribution in [0.4, 0.5) is 5.13 Å². The van der Waals surface area contributed by atoms with Crippen LogP contribution in [0.1, 0.15) is 25.7 Å². The van der Waals surface area contributed by atoms with Crippen LogP contribution in [0.5, 0.6) is 0 Å². The molecule has 4 heterocycles. The van der Waals surface area contributed by atoms with E-state index in [-0.39, 0.29) is 0 Å². The molecule has 1 aromatic carbocycles. The second kappa shape index (κ2) is 5.20. The summed E-state index contributed by atoms with van der Waals surface area (Å²) >= 11 is 1.81. The normalized spacial score (nSPS) is 30.6. The molecule has 2 bridgehead atoms. The first-order valence-electron chi connectivity index (χ1n) is 8.68. The van der Waals surface area contributed by atoms with Crippen molar-refractivity contribution in [3.05, 3.63) is 24.3 Å². The van der Waals surface area contributed by atoms with Gasteiger partial charge in [-0.05, 0) is 43.2 Å². The molecule has 0 aliphatic carbocycles. The van der Waals surface area contributed by atoms with Gasteiger partial charge >= 0.3 is 0 Å². The third kappa shape index (κ3) is 2.24. The average molecular weight is 327 g/mol. The van der Waals surface area contributed by atoms with Crippen molar-refractivity contribution >= 4 is 32.6 Å². The Balaban J connectivity index is 1.43. The van der Waals surface area contributed by atoms with Crippen LogP contribution >= 0.6 is 11.3 Å². The maximum absolute atomic E-state index is 12.2. The Hall–Kier alpha value is -1.62. The van der Waals surface area contributed by atoms with Crippen LogP contribution in [0, 0.1) is 11.8 Å². The standard InChI is InChI=1S/C18H21N3OS/c22-17-7-3-5-15-13-8-12(10-21(15)17)9-20(11-13)18-19-14-4-1-2-6-16(14)23-18/h1-2,4,6,12-13,15H,3,5,7-11H2/t12-,13-,15+/m1/s1. The summed E-state index contributed by atoms with van der Waals surface area (Å²) in [5.41, 5.74) is 1.11. The molecule has 5 heteroatoms. The topological polar surface area (TPSA) is 36.4 Å². The van der Waals surface area contributed by atoms with Crippen LogP contribution in [0.15, 0.2) is 24.3 Å². The van der Waals surface area contributed by atoms with Crippen molar-refractivity contribution in [2.75, 3.05) is 24.5 Å². The second-order valence-corrected chi connectivity index (χ2v) is 8.25. The molecular weight excluding hydrogens is 306 g/mol. The molecule has 0 N–H and O–H groups in total. The fourth-order valence-electron chi connectivity index (χ4n) is 4.76. The Kier molecular flexibility index (Phi) is 3.11. The maximum Gasteiger partial charge on any atom is 0.222 e. The third-order valence-corrected chi connectivity index (χ3v) is 6.83. The van der Waals surface area contributed by atoms with Crippen molar-refractivity contribution in [2.24, 2.45) is 11.8 Å². The predicted octanol–water partition coefficient (Wildman–Crippen LogP) is 3.13. The number of amides is 1. The number of benzene rings is 1. The first-order chi connectivity index (χ1) is 11.3. The van der Waals surface area contributed by atoms with E-state index < -0.39 is 0 Å². The lowest BCUT2D eigenvalue weighted by molar-refractivity contribution is -0.142. The Bertz CT molecular complexity index is 725. The van der Waals surface area contributed by atoms with Crippen molar-refractivity contribution in [1.29, 1.82) is 0 Å². The van der Waals surface area contributed by atoms with Gasteiger partial charge in [0, 0.05) is 32.1 Å². The number of carbonyl (C=O) groups excluding carboxylic acids is 1. The SMILES string of the molecule is O=C1CCC[C@H]2[C@@H]3C[C@H](CN(c4nc5ccccc5s4)C3)CN12. The minimum absolute atomic E-state index is 0.393. The number of fused-ring (bicyclic) bond motifs is 5. The number of anilines is 1. The van der Waals surface area contributed by atoms with Crippen LogP contribution in [0.25, 0.3) is 10.2 Å². The van der Waals surface area contributed by atoms with Crippen molar-refractivity contribution in [3.63, 3.8) is 0 Å². The molecule has 3 saturated heterocycles. The third-order valence-electron chi connectivity index (χ3n) is 5.73. The predicted molar refractivity (Wildman–Crippen MR) is 92.8 cm³/mol. The fraction of sp³-hybridized carbons (Fsp3) is 0.556. The van der Waals surface area contributed by atoms with Gasteiger partial charge in [0.15, 0.2) is 5.13 Å². The summed E-state index contributed by atoms with van der Waals surface area (Å²) in [5.74, 6) is 1.63. The molecule has 3 atom stereocenters. The number of hydrogen-bond acceptors (Lipinski definition) is 4. The fourth-order valence-corrected chi connectivity index (χ4v) is 5.75. The number of nitrogens with zero attached hydrogens (tertiary/aromatic N) is 3. The first-order valence-corrected chi connectivity index (χ1v) is 9.49. The van der Waals surface area contributed by atoms with E-state index in [0.717, 1.165) is 43.1 Å². The molecule has 1 amide bonds. The summed E-state index contributed by atoms with van der Waals surface area (Å²) in [7, 11) is 0. The molecule has 0 saturated carbocycles. The lowest BCUT2D eigenvalue weighted by Crippen LogP contribution is -2.60. The number of carbonyl (C=O) groups is 1. The van der Waals surface area contributed by atoms with Gasteiger partial charge < -0.3 is 9.80 Å². The largest absolute Gasteiger partial charge is 0.347 e. The van der Waals surface area contributed by atoms with Crippen molar-refractivity contribution in [2.45, 2.75) is 31.7 Å². The molecular formula is C18H21N3OS. The molecule has 3 aliphatic rings. The zero-order chi connectivity index (χ0) is 15.4. The van der Waals surface area contributed by atoms with E-state index in [0.29, 0.717) is 23.8 Å². The van der Waals surface area contributed by atoms with Gasteiger partial charge in [-0.1, -0.05) is 23.5 Å². The maximum atomic E-state index is 12.2. The van der Waals surface area contributed by atoms with Crippen LogP contribution in [-0.2, 0) is 4.79 Å². The summed E-state index contributed by atoms with van der Waals surface area (Å²) in [4.78, 5) is 21.8. The summed E-state index contributed by atoms with van der Waals surface area (Å²) in [6.45, 7) is 3.07. The molecule has 3 fully saturated rings. The summed E-state index contributed by atoms with van der Waals surface area (Å²) in [5, 5.41) is 1.16. The lowest BCUT2D eigenvalue weighted by Gasteiger charge is -2.52. The zero-order valence-electron chi connectivity index (χ0n) is 13.1. The molecule has 2 aromatic rings. The number of thiazole rings is 1. The first kappa shape index (κ1) is 13.8. The van der Waals surface area contributed by atoms with Gasteiger partial charge in [0.25, 0.3) is 0 Å². The van der Waals surface area contributed by atoms with Gasteiger partial charge in [0.2, 0.25) is 5.91 Å². The molecule has 0 spiro atoms. The van der Waals surface area contributed by atoms with Crippen molar-refractivity contribution in [3.8, 4) is 0 Å². The molecule has 120 valence electrons. The second-order valence-electron chi connectivity index (χ2n) is 7.24. The van der Waals surface area contributed by atoms with E-state index in [1.807, 2.05) is 0 Å². The van der Waals surface area contributed by atoms with Gasteiger partial charge in [-0.3, -0.25) is 4.79 Å². The Morgan fingerprint density at radius 3 is 3.00 bits per heavy atom. The summed E-state index contributed by atoms with van der Waals surface area (Å²) < 4.78 is 1.27. The zero-order valence-corrected chi connectivity index (χ0v) is 14.0. The minimum atomic E-state index is 0.393. The molecule has 5 rings (SSSR count). The quantitative estimate of drug-likeness (QED) is 0.807. The molecule has 3 aliphatic heterocycles. The van der Waals surface area contributed by atoms with E-state index in [1.54, 1.807) is 11.3 Å². The van der Waals surface area contributed by atoms with Crippen molar-refractivity contribution in [1.82, 2.24) is 9.88 Å². The van der Waals surface area contributed by atoms with Crippen molar-refractivity contribution < 1.29 is 4.79 Å². The number of aromatic nitrogens is 1. The van der Waals surface area contributed by atoms with Gasteiger partial charge in [-0.25, -0.2) is 4.98 Å². The molecule has 1 aromatic heterocycles. The van der Waals surface area contributed by atoms with Gasteiger partial charge in [0.1, 0.15) is 0 Å². The lowest BCUT2D eigenvalue weighted by atomic mass is 9.76. The van der Waals surface area contributed by atoms with E-state index >= 15 is 0 Å². The number of para-hydroxylation sites is 1. The highest BCUT2D eigenvalue weighted by atomic mass is 32.1. The smallest absolute Gasteiger partial charge is 0.222 e. The van der Waals surface area contributed by atoms with Crippen LogP contribution in [0.2, 0.25) is 0 Å². The highest BCUT2D eigenvalue weighted by molar-refractivity contribution is 7.22. The summed E-state index contributed by atoms with van der Waals surface area (Å²) in [6, 6.07) is 8.87. The molecule has 0 radical (unpaired) electrons. The highest BCUT2D eigenvalue weighted by Gasteiger charge is 2.44. The molecule has 23 heavy (non-hydrogen) atoms. The monoisotopic (exact) mass is 327 g/mol. The highest BCUT2D eigenvalue weighted by Crippen LogP contribution is 2.40. The number of piperidine rings is 3. The Morgan fingerprint density at radius 1 is 1.17 bits per heavy atom. The van der Waals surface area contributed by atoms with Gasteiger partial charge in [-0.2, -0.15) is 0 Å².